The fourth-order valence-electron chi connectivity index (χ4n) is 3.37. The Kier molecular flexibility index (Phi) is 6.49. The van der Waals surface area contributed by atoms with E-state index >= 15 is 0 Å². The van der Waals surface area contributed by atoms with Gasteiger partial charge in [-0.2, -0.15) is 0 Å². The van der Waals surface area contributed by atoms with E-state index in [-0.39, 0.29) is 12.5 Å². The lowest BCUT2D eigenvalue weighted by Gasteiger charge is -2.32. The average Bonchev–Trinajstić information content (AvgIpc) is 3.18. The number of anilines is 1. The molecule has 0 bridgehead atoms. The molecule has 3 rings (SSSR count). The molecule has 0 aliphatic carbocycles. The first kappa shape index (κ1) is 19.0. The van der Waals surface area contributed by atoms with E-state index in [2.05, 4.69) is 15.5 Å². The Hall–Kier alpha value is -2.80. The summed E-state index contributed by atoms with van der Waals surface area (Å²) in [5, 5.41) is 14.5. The maximum absolute atomic E-state index is 12.4. The van der Waals surface area contributed by atoms with Crippen LogP contribution < -0.4 is 10.6 Å². The topological polar surface area (TPSA) is 94.8 Å². The van der Waals surface area contributed by atoms with Crippen molar-refractivity contribution in [2.75, 3.05) is 31.5 Å². The molecule has 7 nitrogen and oxygen atoms in total. The number of amides is 1. The van der Waals surface area contributed by atoms with Gasteiger partial charge in [0, 0.05) is 24.3 Å². The van der Waals surface area contributed by atoms with Crippen LogP contribution in [0.15, 0.2) is 47.1 Å². The van der Waals surface area contributed by atoms with Gasteiger partial charge in [-0.05, 0) is 55.6 Å². The number of likely N-dealkylation sites (tertiary alicyclic amines) is 1. The predicted octanol–water partition coefficient (Wildman–Crippen LogP) is 2.42. The lowest BCUT2D eigenvalue weighted by molar-refractivity contribution is -0.134. The first-order valence-corrected chi connectivity index (χ1v) is 9.19. The predicted molar refractivity (Wildman–Crippen MR) is 102 cm³/mol. The van der Waals surface area contributed by atoms with Crippen LogP contribution in [0.4, 0.5) is 5.69 Å². The monoisotopic (exact) mass is 371 g/mol. The van der Waals surface area contributed by atoms with Crippen molar-refractivity contribution in [2.24, 2.45) is 5.92 Å². The summed E-state index contributed by atoms with van der Waals surface area (Å²) in [6.45, 7) is 3.22. The highest BCUT2D eigenvalue weighted by Gasteiger charge is 2.21. The zero-order valence-corrected chi connectivity index (χ0v) is 15.2. The van der Waals surface area contributed by atoms with Gasteiger partial charge in [-0.3, -0.25) is 14.5 Å². The van der Waals surface area contributed by atoms with E-state index in [0.717, 1.165) is 38.2 Å². The third kappa shape index (κ3) is 5.86. The Morgan fingerprint density at radius 3 is 2.93 bits per heavy atom. The SMILES string of the molecule is O=C(O)CNc1cccc(C(=O)NC[C@@H]2CCCN(Cc3ccco3)C2)c1. The van der Waals surface area contributed by atoms with Crippen LogP contribution in [-0.2, 0) is 11.3 Å². The van der Waals surface area contributed by atoms with E-state index in [1.54, 1.807) is 30.5 Å². The summed E-state index contributed by atoms with van der Waals surface area (Å²) in [7, 11) is 0. The second-order valence-electron chi connectivity index (χ2n) is 6.86. The first-order valence-electron chi connectivity index (χ1n) is 9.19. The third-order valence-electron chi connectivity index (χ3n) is 4.68. The standard InChI is InChI=1S/C20H25N3O4/c24-19(25)12-21-17-6-1-5-16(10-17)20(26)22-11-15-4-2-8-23(13-15)14-18-7-3-9-27-18/h1,3,5-7,9-10,15,21H,2,4,8,11-14H2,(H,22,26)(H,24,25)/t15-/m0/s1. The van der Waals surface area contributed by atoms with E-state index in [1.165, 1.54) is 0 Å². The summed E-state index contributed by atoms with van der Waals surface area (Å²) >= 11 is 0. The van der Waals surface area contributed by atoms with Crippen molar-refractivity contribution >= 4 is 17.6 Å². The summed E-state index contributed by atoms with van der Waals surface area (Å²) in [4.78, 5) is 25.4. The maximum atomic E-state index is 12.4. The van der Waals surface area contributed by atoms with Crippen molar-refractivity contribution in [3.63, 3.8) is 0 Å². The molecule has 0 saturated carbocycles. The molecule has 1 fully saturated rings. The molecule has 3 N–H and O–H groups in total. The molecule has 1 aromatic carbocycles. The number of carboxylic acids is 1. The molecular weight excluding hydrogens is 346 g/mol. The van der Waals surface area contributed by atoms with Crippen LogP contribution in [0.3, 0.4) is 0 Å². The van der Waals surface area contributed by atoms with E-state index < -0.39 is 5.97 Å². The van der Waals surface area contributed by atoms with Gasteiger partial charge in [-0.1, -0.05) is 6.07 Å². The van der Waals surface area contributed by atoms with Crippen LogP contribution in [0.1, 0.15) is 29.0 Å². The fraction of sp³-hybridized carbons (Fsp3) is 0.400. The summed E-state index contributed by atoms with van der Waals surface area (Å²) in [6, 6.07) is 10.8. The summed E-state index contributed by atoms with van der Waals surface area (Å²) in [5.74, 6) is 0.287. The Balaban J connectivity index is 1.48. The molecule has 1 aliphatic rings. The number of hydrogen-bond acceptors (Lipinski definition) is 5. The molecule has 2 heterocycles. The Bertz CT molecular complexity index is 760. The minimum atomic E-state index is -0.943. The summed E-state index contributed by atoms with van der Waals surface area (Å²) in [5.41, 5.74) is 1.14. The second-order valence-corrected chi connectivity index (χ2v) is 6.86. The van der Waals surface area contributed by atoms with Crippen LogP contribution in [0, 0.1) is 5.92 Å². The molecule has 7 heteroatoms. The minimum absolute atomic E-state index is 0.142. The number of hydrogen-bond donors (Lipinski definition) is 3. The fourth-order valence-corrected chi connectivity index (χ4v) is 3.37. The molecule has 0 radical (unpaired) electrons. The number of aliphatic carboxylic acids is 1. The van der Waals surface area contributed by atoms with Gasteiger partial charge in [-0.25, -0.2) is 0 Å². The molecule has 1 saturated heterocycles. The molecule has 1 aromatic heterocycles. The molecule has 27 heavy (non-hydrogen) atoms. The number of carbonyl (C=O) groups excluding carboxylic acids is 1. The Labute approximate surface area is 158 Å². The zero-order chi connectivity index (χ0) is 19.1. The number of nitrogens with one attached hydrogen (secondary N) is 2. The lowest BCUT2D eigenvalue weighted by atomic mass is 9.97. The maximum Gasteiger partial charge on any atom is 0.322 e. The number of nitrogens with zero attached hydrogens (tertiary/aromatic N) is 1. The van der Waals surface area contributed by atoms with Crippen molar-refractivity contribution < 1.29 is 19.1 Å². The number of rotatable bonds is 8. The smallest absolute Gasteiger partial charge is 0.322 e. The molecule has 2 aromatic rings. The van der Waals surface area contributed by atoms with Crippen LogP contribution >= 0.6 is 0 Å². The van der Waals surface area contributed by atoms with Crippen molar-refractivity contribution in [1.29, 1.82) is 0 Å². The first-order chi connectivity index (χ1) is 13.1. The lowest BCUT2D eigenvalue weighted by Crippen LogP contribution is -2.40. The minimum Gasteiger partial charge on any atom is -0.480 e. The Morgan fingerprint density at radius 2 is 2.15 bits per heavy atom. The van der Waals surface area contributed by atoms with Gasteiger partial charge in [0.1, 0.15) is 12.3 Å². The van der Waals surface area contributed by atoms with Crippen LogP contribution in [0.25, 0.3) is 0 Å². The molecule has 1 atom stereocenters. The van der Waals surface area contributed by atoms with Crippen LogP contribution in [0.5, 0.6) is 0 Å². The van der Waals surface area contributed by atoms with Gasteiger partial charge in [0.2, 0.25) is 0 Å². The van der Waals surface area contributed by atoms with E-state index in [9.17, 15) is 9.59 Å². The molecule has 1 amide bonds. The van der Waals surface area contributed by atoms with Gasteiger partial charge in [-0.15, -0.1) is 0 Å². The number of benzene rings is 1. The number of furan rings is 1. The molecule has 1 aliphatic heterocycles. The third-order valence-corrected chi connectivity index (χ3v) is 4.68. The largest absolute Gasteiger partial charge is 0.480 e. The van der Waals surface area contributed by atoms with Gasteiger partial charge in [0.05, 0.1) is 12.8 Å². The number of piperidine rings is 1. The molecular formula is C20H25N3O4. The van der Waals surface area contributed by atoms with Gasteiger partial charge < -0.3 is 20.2 Å². The highest BCUT2D eigenvalue weighted by atomic mass is 16.4. The van der Waals surface area contributed by atoms with Crippen molar-refractivity contribution in [1.82, 2.24) is 10.2 Å². The summed E-state index contributed by atoms with van der Waals surface area (Å²) in [6.07, 6.45) is 3.89. The van der Waals surface area contributed by atoms with Crippen molar-refractivity contribution in [3.05, 3.63) is 54.0 Å². The summed E-state index contributed by atoms with van der Waals surface area (Å²) < 4.78 is 5.42. The van der Waals surface area contributed by atoms with E-state index in [0.29, 0.717) is 23.7 Å². The molecule has 144 valence electrons. The molecule has 0 spiro atoms. The van der Waals surface area contributed by atoms with Crippen LogP contribution in [-0.4, -0.2) is 48.1 Å². The average molecular weight is 371 g/mol. The van der Waals surface area contributed by atoms with Crippen LogP contribution in [0.2, 0.25) is 0 Å². The highest BCUT2D eigenvalue weighted by molar-refractivity contribution is 5.95. The second kappa shape index (κ2) is 9.23. The highest BCUT2D eigenvalue weighted by Crippen LogP contribution is 2.18. The van der Waals surface area contributed by atoms with Crippen molar-refractivity contribution in [3.8, 4) is 0 Å². The van der Waals surface area contributed by atoms with Gasteiger partial charge in [0.15, 0.2) is 0 Å². The van der Waals surface area contributed by atoms with Gasteiger partial charge >= 0.3 is 5.97 Å². The normalized spacial score (nSPS) is 17.4. The Morgan fingerprint density at radius 1 is 1.26 bits per heavy atom. The van der Waals surface area contributed by atoms with Gasteiger partial charge in [0.25, 0.3) is 5.91 Å². The van der Waals surface area contributed by atoms with E-state index in [1.807, 2.05) is 12.1 Å². The van der Waals surface area contributed by atoms with E-state index in [4.69, 9.17) is 9.52 Å². The number of carbonyl (C=O) groups is 2. The molecule has 0 unspecified atom stereocenters. The van der Waals surface area contributed by atoms with Crippen molar-refractivity contribution in [2.45, 2.75) is 19.4 Å². The quantitative estimate of drug-likeness (QED) is 0.660. The number of carboxylic acid groups (broad SMARTS) is 1. The zero-order valence-electron chi connectivity index (χ0n) is 15.2.